The molecule has 1 N–H and O–H groups in total. The second kappa shape index (κ2) is 4.20. The maximum absolute atomic E-state index is 11.2. The highest BCUT2D eigenvalue weighted by molar-refractivity contribution is 5.93. The molecule has 0 aliphatic rings. The lowest BCUT2D eigenvalue weighted by molar-refractivity contribution is 0.0696. The van der Waals surface area contributed by atoms with Crippen molar-refractivity contribution in [2.75, 3.05) is 0 Å². The number of rotatable bonds is 2. The minimum atomic E-state index is -1.02. The van der Waals surface area contributed by atoms with Crippen LogP contribution in [0.2, 0.25) is 0 Å². The van der Waals surface area contributed by atoms with Crippen LogP contribution in [0.25, 0.3) is 11.2 Å². The highest BCUT2D eigenvalue weighted by Crippen LogP contribution is 2.26. The average molecular weight is 267 g/mol. The average Bonchev–Trinajstić information content (AvgIpc) is 3.06. The fraction of sp³-hybridized carbons (Fsp3) is 0.0769. The van der Waals surface area contributed by atoms with E-state index >= 15 is 0 Å². The van der Waals surface area contributed by atoms with Crippen LogP contribution in [0.1, 0.15) is 21.5 Å². The summed E-state index contributed by atoms with van der Waals surface area (Å²) in [6, 6.07) is 2.07. The molecule has 20 heavy (non-hydrogen) atoms. The van der Waals surface area contributed by atoms with Gasteiger partial charge in [0.05, 0.1) is 34.9 Å². The van der Waals surface area contributed by atoms with Gasteiger partial charge in [-0.1, -0.05) is 0 Å². The lowest BCUT2D eigenvalue weighted by atomic mass is 10.1. The smallest absolute Gasteiger partial charge is 0.337 e. The molecule has 0 spiro atoms. The summed E-state index contributed by atoms with van der Waals surface area (Å²) in [6.45, 7) is 1.70. The first kappa shape index (κ1) is 11.9. The fourth-order valence-corrected chi connectivity index (χ4v) is 2.22. The van der Waals surface area contributed by atoms with Crippen LogP contribution in [0.5, 0.6) is 0 Å². The van der Waals surface area contributed by atoms with Crippen molar-refractivity contribution in [3.63, 3.8) is 0 Å². The predicted molar refractivity (Wildman–Crippen MR) is 68.7 cm³/mol. The number of fused-ring (bicyclic) bond motifs is 1. The molecule has 0 aliphatic carbocycles. The fourth-order valence-electron chi connectivity index (χ4n) is 2.22. The van der Waals surface area contributed by atoms with Gasteiger partial charge in [0, 0.05) is 18.6 Å². The Morgan fingerprint density at radius 1 is 1.50 bits per heavy atom. The number of aromatic nitrogens is 4. The van der Waals surface area contributed by atoms with Crippen molar-refractivity contribution in [1.29, 1.82) is 5.26 Å². The van der Waals surface area contributed by atoms with Gasteiger partial charge < -0.3 is 9.67 Å². The number of carbonyl (C=O) groups is 1. The predicted octanol–water partition coefficient (Wildman–Crippen LogP) is 1.40. The number of hydrogen-bond donors (Lipinski definition) is 1. The van der Waals surface area contributed by atoms with E-state index in [1.54, 1.807) is 30.2 Å². The van der Waals surface area contributed by atoms with E-state index in [-0.39, 0.29) is 5.56 Å². The van der Waals surface area contributed by atoms with Crippen LogP contribution in [-0.2, 0) is 0 Å². The number of carboxylic acid groups (broad SMARTS) is 1. The number of aryl methyl sites for hydroxylation is 1. The maximum Gasteiger partial charge on any atom is 0.337 e. The highest BCUT2D eigenvalue weighted by atomic mass is 16.4. The molecule has 0 bridgehead atoms. The minimum Gasteiger partial charge on any atom is -0.478 e. The van der Waals surface area contributed by atoms with Crippen LogP contribution in [0.3, 0.4) is 0 Å². The van der Waals surface area contributed by atoms with Crippen LogP contribution in [0, 0.1) is 18.3 Å². The van der Waals surface area contributed by atoms with Crippen LogP contribution in [0.15, 0.2) is 31.1 Å². The van der Waals surface area contributed by atoms with Gasteiger partial charge in [-0.05, 0) is 12.5 Å². The molecule has 0 radical (unpaired) electrons. The van der Waals surface area contributed by atoms with Crippen molar-refractivity contribution in [2.45, 2.75) is 6.92 Å². The van der Waals surface area contributed by atoms with Crippen molar-refractivity contribution < 1.29 is 9.90 Å². The van der Waals surface area contributed by atoms with E-state index < -0.39 is 5.97 Å². The summed E-state index contributed by atoms with van der Waals surface area (Å²) in [7, 11) is 0. The third kappa shape index (κ3) is 1.55. The van der Waals surface area contributed by atoms with Gasteiger partial charge in [0.2, 0.25) is 0 Å². The summed E-state index contributed by atoms with van der Waals surface area (Å²) in [5, 5.41) is 22.5. The SMILES string of the molecule is Cc1c(C(=O)O)cn2ncc(C#N)c(-n3ccnc3)c12. The van der Waals surface area contributed by atoms with Crippen molar-refractivity contribution in [2.24, 2.45) is 0 Å². The van der Waals surface area contributed by atoms with E-state index in [0.29, 0.717) is 22.3 Å². The topological polar surface area (TPSA) is 96.2 Å². The number of nitriles is 1. The van der Waals surface area contributed by atoms with Crippen molar-refractivity contribution in [1.82, 2.24) is 19.2 Å². The molecule has 3 aromatic heterocycles. The Kier molecular flexibility index (Phi) is 2.51. The lowest BCUT2D eigenvalue weighted by Crippen LogP contribution is -2.02. The summed E-state index contributed by atoms with van der Waals surface area (Å²) >= 11 is 0. The number of aromatic carboxylic acids is 1. The summed E-state index contributed by atoms with van der Waals surface area (Å²) in [4.78, 5) is 15.2. The second-order valence-electron chi connectivity index (χ2n) is 4.25. The summed E-state index contributed by atoms with van der Waals surface area (Å²) in [6.07, 6.45) is 7.70. The number of nitrogens with zero attached hydrogens (tertiary/aromatic N) is 5. The Hall–Kier alpha value is -3.14. The zero-order chi connectivity index (χ0) is 14.3. The van der Waals surface area contributed by atoms with Gasteiger partial charge in [-0.15, -0.1) is 0 Å². The molecule has 3 aromatic rings. The van der Waals surface area contributed by atoms with Gasteiger partial charge in [-0.2, -0.15) is 10.4 Å². The Balaban J connectivity index is 2.47. The molecule has 7 nitrogen and oxygen atoms in total. The van der Waals surface area contributed by atoms with Crippen LogP contribution in [0.4, 0.5) is 0 Å². The first-order valence-electron chi connectivity index (χ1n) is 5.76. The van der Waals surface area contributed by atoms with E-state index in [9.17, 15) is 15.2 Å². The zero-order valence-electron chi connectivity index (χ0n) is 10.5. The van der Waals surface area contributed by atoms with Crippen LogP contribution >= 0.6 is 0 Å². The van der Waals surface area contributed by atoms with Gasteiger partial charge in [-0.25, -0.2) is 14.3 Å². The third-order valence-corrected chi connectivity index (χ3v) is 3.14. The molecule has 98 valence electrons. The molecule has 0 saturated heterocycles. The van der Waals surface area contributed by atoms with Crippen molar-refractivity contribution >= 4 is 11.5 Å². The Bertz CT molecular complexity index is 855. The molecule has 0 saturated carbocycles. The maximum atomic E-state index is 11.2. The quantitative estimate of drug-likeness (QED) is 0.757. The second-order valence-corrected chi connectivity index (χ2v) is 4.25. The molecule has 0 atom stereocenters. The van der Waals surface area contributed by atoms with E-state index in [2.05, 4.69) is 16.2 Å². The largest absolute Gasteiger partial charge is 0.478 e. The highest BCUT2D eigenvalue weighted by Gasteiger charge is 2.19. The molecular weight excluding hydrogens is 258 g/mol. The van der Waals surface area contributed by atoms with Gasteiger partial charge >= 0.3 is 5.97 Å². The van der Waals surface area contributed by atoms with Crippen LogP contribution in [-0.4, -0.2) is 30.2 Å². The number of imidazole rings is 1. The van der Waals surface area contributed by atoms with E-state index in [1.165, 1.54) is 16.9 Å². The molecular formula is C13H9N5O2. The first-order valence-corrected chi connectivity index (χ1v) is 5.76. The summed E-state index contributed by atoms with van der Waals surface area (Å²) in [5.41, 5.74) is 2.23. The van der Waals surface area contributed by atoms with E-state index in [4.69, 9.17) is 0 Å². The van der Waals surface area contributed by atoms with Gasteiger partial charge in [0.25, 0.3) is 0 Å². The van der Waals surface area contributed by atoms with Crippen molar-refractivity contribution in [3.05, 3.63) is 47.8 Å². The molecule has 0 aliphatic heterocycles. The Labute approximate surface area is 113 Å². The molecule has 7 heteroatoms. The molecule has 3 heterocycles. The van der Waals surface area contributed by atoms with Gasteiger partial charge in [0.1, 0.15) is 6.07 Å². The van der Waals surface area contributed by atoms with Gasteiger partial charge in [0.15, 0.2) is 0 Å². The van der Waals surface area contributed by atoms with Gasteiger partial charge in [-0.3, -0.25) is 0 Å². The monoisotopic (exact) mass is 267 g/mol. The zero-order valence-corrected chi connectivity index (χ0v) is 10.5. The van der Waals surface area contributed by atoms with E-state index in [0.717, 1.165) is 0 Å². The first-order chi connectivity index (χ1) is 9.63. The molecule has 0 fully saturated rings. The number of hydrogen-bond acceptors (Lipinski definition) is 4. The molecule has 0 unspecified atom stereocenters. The molecule has 0 aromatic carbocycles. The standard InChI is InChI=1S/C13H9N5O2/c1-8-10(13(19)20)6-18-11(8)12(9(4-14)5-16-18)17-3-2-15-7-17/h2-3,5-7H,1H3,(H,19,20). The molecule has 0 amide bonds. The Morgan fingerprint density at radius 3 is 2.90 bits per heavy atom. The summed E-state index contributed by atoms with van der Waals surface area (Å²) < 4.78 is 3.14. The third-order valence-electron chi connectivity index (χ3n) is 3.14. The van der Waals surface area contributed by atoms with E-state index in [1.807, 2.05) is 0 Å². The Morgan fingerprint density at radius 2 is 2.30 bits per heavy atom. The normalized spacial score (nSPS) is 10.6. The van der Waals surface area contributed by atoms with Crippen LogP contribution < -0.4 is 0 Å². The van der Waals surface area contributed by atoms with Crippen molar-refractivity contribution in [3.8, 4) is 11.8 Å². The summed E-state index contributed by atoms with van der Waals surface area (Å²) in [5.74, 6) is -1.02. The molecule has 3 rings (SSSR count). The minimum absolute atomic E-state index is 0.161. The lowest BCUT2D eigenvalue weighted by Gasteiger charge is -2.08. The number of carboxylic acids is 1.